The highest BCUT2D eigenvalue weighted by molar-refractivity contribution is 5.05. The van der Waals surface area contributed by atoms with E-state index in [1.807, 2.05) is 31.0 Å². The summed E-state index contributed by atoms with van der Waals surface area (Å²) < 4.78 is 2.00. The molecule has 0 bridgehead atoms. The van der Waals surface area contributed by atoms with Crippen LogP contribution in [0.15, 0.2) is 12.3 Å². The van der Waals surface area contributed by atoms with Crippen LogP contribution in [0.2, 0.25) is 0 Å². The van der Waals surface area contributed by atoms with Crippen LogP contribution in [-0.4, -0.2) is 45.5 Å². The molecule has 0 aromatic carbocycles. The van der Waals surface area contributed by atoms with Crippen molar-refractivity contribution in [2.24, 2.45) is 0 Å². The first-order valence-corrected chi connectivity index (χ1v) is 7.80. The van der Waals surface area contributed by atoms with Crippen LogP contribution >= 0.6 is 0 Å². The highest BCUT2D eigenvalue weighted by atomic mass is 16.3. The normalized spacial score (nSPS) is 15.6. The molecule has 0 aliphatic carbocycles. The zero-order chi connectivity index (χ0) is 15.3. The van der Waals surface area contributed by atoms with Gasteiger partial charge in [0.1, 0.15) is 0 Å². The van der Waals surface area contributed by atoms with Crippen LogP contribution in [0, 0.1) is 0 Å². The third kappa shape index (κ3) is 3.41. The molecule has 0 aliphatic heterocycles. The Balaban J connectivity index is 2.83. The molecule has 1 N–H and O–H groups in total. The van der Waals surface area contributed by atoms with Gasteiger partial charge in [0.2, 0.25) is 0 Å². The highest BCUT2D eigenvalue weighted by Crippen LogP contribution is 2.27. The van der Waals surface area contributed by atoms with Gasteiger partial charge < -0.3 is 10.0 Å². The number of aromatic nitrogens is 2. The van der Waals surface area contributed by atoms with Gasteiger partial charge in [-0.2, -0.15) is 5.10 Å². The van der Waals surface area contributed by atoms with Crippen LogP contribution in [0.5, 0.6) is 0 Å². The molecule has 0 radical (unpaired) electrons. The Hall–Kier alpha value is -0.870. The van der Waals surface area contributed by atoms with E-state index in [9.17, 15) is 5.11 Å². The minimum atomic E-state index is -0.396. The maximum atomic E-state index is 10.7. The fourth-order valence-corrected chi connectivity index (χ4v) is 2.96. The Kier molecular flexibility index (Phi) is 6.21. The number of hydrogen-bond acceptors (Lipinski definition) is 3. The summed E-state index contributed by atoms with van der Waals surface area (Å²) in [6, 6.07) is 2.44. The third-order valence-electron chi connectivity index (χ3n) is 4.84. The van der Waals surface area contributed by atoms with Gasteiger partial charge in [0.25, 0.3) is 0 Å². The summed E-state index contributed by atoms with van der Waals surface area (Å²) in [6.07, 6.45) is 5.17. The van der Waals surface area contributed by atoms with E-state index in [0.29, 0.717) is 12.5 Å². The third-order valence-corrected chi connectivity index (χ3v) is 4.84. The second-order valence-corrected chi connectivity index (χ2v) is 5.97. The largest absolute Gasteiger partial charge is 0.391 e. The molecule has 2 atom stereocenters. The van der Waals surface area contributed by atoms with E-state index in [1.54, 1.807) is 0 Å². The van der Waals surface area contributed by atoms with Gasteiger partial charge in [-0.3, -0.25) is 4.68 Å². The summed E-state index contributed by atoms with van der Waals surface area (Å²) in [4.78, 5) is 2.16. The predicted octanol–water partition coefficient (Wildman–Crippen LogP) is 2.88. The number of hydrogen-bond donors (Lipinski definition) is 1. The lowest BCUT2D eigenvalue weighted by atomic mass is 9.83. The van der Waals surface area contributed by atoms with E-state index in [1.165, 1.54) is 0 Å². The summed E-state index contributed by atoms with van der Waals surface area (Å²) >= 11 is 0. The molecule has 0 spiro atoms. The Bertz CT molecular complexity index is 396. The molecule has 2 unspecified atom stereocenters. The predicted molar refractivity (Wildman–Crippen MR) is 83.9 cm³/mol. The molecule has 116 valence electrons. The minimum absolute atomic E-state index is 0.167. The van der Waals surface area contributed by atoms with Crippen LogP contribution in [0.25, 0.3) is 0 Å². The number of aliphatic hydroxyl groups is 1. The fourth-order valence-electron chi connectivity index (χ4n) is 2.96. The average molecular weight is 281 g/mol. The van der Waals surface area contributed by atoms with Gasteiger partial charge in [-0.05, 0) is 46.3 Å². The van der Waals surface area contributed by atoms with Crippen molar-refractivity contribution in [1.29, 1.82) is 0 Å². The maximum Gasteiger partial charge on any atom is 0.0779 e. The maximum absolute atomic E-state index is 10.7. The zero-order valence-electron chi connectivity index (χ0n) is 13.9. The number of likely N-dealkylation sites (N-methyl/N-ethyl adjacent to an activating group) is 1. The molecular weight excluding hydrogens is 250 g/mol. The molecule has 4 heteroatoms. The van der Waals surface area contributed by atoms with E-state index in [4.69, 9.17) is 0 Å². The van der Waals surface area contributed by atoms with E-state index < -0.39 is 6.10 Å². The van der Waals surface area contributed by atoms with Crippen molar-refractivity contribution in [2.45, 2.75) is 71.1 Å². The Morgan fingerprint density at radius 3 is 2.35 bits per heavy atom. The van der Waals surface area contributed by atoms with Crippen molar-refractivity contribution in [2.75, 3.05) is 14.1 Å². The van der Waals surface area contributed by atoms with Crippen molar-refractivity contribution in [3.8, 4) is 0 Å². The van der Waals surface area contributed by atoms with Crippen LogP contribution < -0.4 is 0 Å². The SMILES string of the molecule is CCC(C)n1ccc(CC(O)C(CC)(CC)N(C)C)n1. The van der Waals surface area contributed by atoms with E-state index >= 15 is 0 Å². The molecule has 0 amide bonds. The second kappa shape index (κ2) is 7.23. The summed E-state index contributed by atoms with van der Waals surface area (Å²) in [7, 11) is 4.10. The lowest BCUT2D eigenvalue weighted by molar-refractivity contribution is -0.0131. The van der Waals surface area contributed by atoms with Crippen molar-refractivity contribution < 1.29 is 5.11 Å². The van der Waals surface area contributed by atoms with Gasteiger partial charge in [-0.1, -0.05) is 20.8 Å². The summed E-state index contributed by atoms with van der Waals surface area (Å²) in [6.45, 7) is 8.61. The van der Waals surface area contributed by atoms with Gasteiger partial charge in [-0.15, -0.1) is 0 Å². The number of aliphatic hydroxyl groups excluding tert-OH is 1. The first-order chi connectivity index (χ1) is 9.41. The Morgan fingerprint density at radius 1 is 1.30 bits per heavy atom. The molecule has 1 heterocycles. The first kappa shape index (κ1) is 17.2. The van der Waals surface area contributed by atoms with E-state index in [2.05, 4.69) is 37.7 Å². The van der Waals surface area contributed by atoms with Gasteiger partial charge in [0.05, 0.1) is 11.8 Å². The highest BCUT2D eigenvalue weighted by Gasteiger charge is 2.37. The lowest BCUT2D eigenvalue weighted by Gasteiger charge is -2.42. The van der Waals surface area contributed by atoms with Gasteiger partial charge >= 0.3 is 0 Å². The fraction of sp³-hybridized carbons (Fsp3) is 0.812. The smallest absolute Gasteiger partial charge is 0.0779 e. The lowest BCUT2D eigenvalue weighted by Crippen LogP contribution is -2.53. The summed E-state index contributed by atoms with van der Waals surface area (Å²) in [5.41, 5.74) is 0.811. The van der Waals surface area contributed by atoms with Crippen LogP contribution in [0.3, 0.4) is 0 Å². The van der Waals surface area contributed by atoms with Crippen LogP contribution in [-0.2, 0) is 6.42 Å². The molecule has 20 heavy (non-hydrogen) atoms. The molecule has 0 fully saturated rings. The zero-order valence-corrected chi connectivity index (χ0v) is 13.9. The number of rotatable bonds is 8. The monoisotopic (exact) mass is 281 g/mol. The first-order valence-electron chi connectivity index (χ1n) is 7.80. The van der Waals surface area contributed by atoms with Crippen molar-refractivity contribution >= 4 is 0 Å². The standard InChI is InChI=1S/C16H31N3O/c1-7-13(4)19-11-10-14(17-19)12-15(20)16(8-2,9-3)18(5)6/h10-11,13,15,20H,7-9,12H2,1-6H3. The molecular formula is C16H31N3O. The molecule has 1 aromatic rings. The minimum Gasteiger partial charge on any atom is -0.391 e. The van der Waals surface area contributed by atoms with Crippen LogP contribution in [0.4, 0.5) is 0 Å². The quantitative estimate of drug-likeness (QED) is 0.796. The molecule has 1 rings (SSSR count). The number of nitrogens with zero attached hydrogens (tertiary/aromatic N) is 3. The van der Waals surface area contributed by atoms with Crippen molar-refractivity contribution in [3.05, 3.63) is 18.0 Å². The summed E-state index contributed by atoms with van der Waals surface area (Å²) in [5, 5.41) is 15.3. The van der Waals surface area contributed by atoms with Crippen LogP contribution in [0.1, 0.15) is 58.7 Å². The van der Waals surface area contributed by atoms with Crippen molar-refractivity contribution in [3.63, 3.8) is 0 Å². The molecule has 1 aromatic heterocycles. The van der Waals surface area contributed by atoms with Gasteiger partial charge in [-0.25, -0.2) is 0 Å². The Morgan fingerprint density at radius 2 is 1.90 bits per heavy atom. The molecule has 0 saturated carbocycles. The van der Waals surface area contributed by atoms with Gasteiger partial charge in [0.15, 0.2) is 0 Å². The van der Waals surface area contributed by atoms with Crippen molar-refractivity contribution in [1.82, 2.24) is 14.7 Å². The summed E-state index contributed by atoms with van der Waals surface area (Å²) in [5.74, 6) is 0. The molecule has 0 aliphatic rings. The second-order valence-electron chi connectivity index (χ2n) is 5.97. The van der Waals surface area contributed by atoms with E-state index in [-0.39, 0.29) is 5.54 Å². The topological polar surface area (TPSA) is 41.3 Å². The molecule has 0 saturated heterocycles. The molecule has 4 nitrogen and oxygen atoms in total. The van der Waals surface area contributed by atoms with Gasteiger partial charge in [0, 0.05) is 24.2 Å². The Labute approximate surface area is 123 Å². The average Bonchev–Trinajstić information content (AvgIpc) is 2.88. The van der Waals surface area contributed by atoms with E-state index in [0.717, 1.165) is 25.0 Å².